The first-order valence-electron chi connectivity index (χ1n) is 22.0. The molecule has 0 aliphatic carbocycles. The van der Waals surface area contributed by atoms with Gasteiger partial charge in [-0.1, -0.05) is 55.8 Å². The van der Waals surface area contributed by atoms with Crippen LogP contribution in [0.3, 0.4) is 0 Å². The van der Waals surface area contributed by atoms with Gasteiger partial charge in [-0.3, -0.25) is 19.0 Å². The maximum Gasteiger partial charge on any atom is 0.303 e. The number of benzene rings is 6. The molecular weight excluding hydrogens is 932 g/mol. The Kier molecular flexibility index (Phi) is 20.1. The fraction of sp³-hybridized carbons (Fsp3) is 0.255. The predicted molar refractivity (Wildman–Crippen MR) is 259 cm³/mol. The van der Waals surface area contributed by atoms with Crippen LogP contribution in [-0.2, 0) is 42.5 Å². The largest absolute Gasteiger partial charge is 0.494 e. The van der Waals surface area contributed by atoms with Crippen molar-refractivity contribution in [1.82, 2.24) is 0 Å². The first-order valence-corrected chi connectivity index (χ1v) is 24.9. The van der Waals surface area contributed by atoms with Gasteiger partial charge >= 0.3 is 11.9 Å². The molecule has 18 heteroatoms. The van der Waals surface area contributed by atoms with Crippen LogP contribution < -0.4 is 33.1 Å². The van der Waals surface area contributed by atoms with Crippen LogP contribution in [0.1, 0.15) is 49.3 Å². The van der Waals surface area contributed by atoms with E-state index in [-0.39, 0.29) is 49.1 Å². The van der Waals surface area contributed by atoms with Gasteiger partial charge in [-0.25, -0.2) is 21.2 Å². The molecule has 0 saturated heterocycles. The number of hydrogen-bond acceptors (Lipinski definition) is 11. The molecule has 6 rings (SSSR count). The Hall–Kier alpha value is -7.31. The van der Waals surface area contributed by atoms with Crippen molar-refractivity contribution >= 4 is 43.4 Å². The number of carbonyl (C=O) groups is 2. The smallest absolute Gasteiger partial charge is 0.303 e. The van der Waals surface area contributed by atoms with Crippen LogP contribution in [0, 0.1) is 12.7 Å². The zero-order valence-electron chi connectivity index (χ0n) is 38.1. The van der Waals surface area contributed by atoms with Gasteiger partial charge in [-0.2, -0.15) is 0 Å². The topological polar surface area (TPSA) is 213 Å². The van der Waals surface area contributed by atoms with Gasteiger partial charge in [0.1, 0.15) is 61.0 Å². The Bertz CT molecular complexity index is 2810. The fourth-order valence-electron chi connectivity index (χ4n) is 6.38. The number of unbranched alkanes of at least 4 members (excludes halogenated alkanes) is 1. The molecule has 0 fully saturated rings. The molecule has 0 heterocycles. The van der Waals surface area contributed by atoms with Crippen molar-refractivity contribution in [3.8, 4) is 28.7 Å². The summed E-state index contributed by atoms with van der Waals surface area (Å²) in [6.07, 6.45) is 2.78. The Morgan fingerprint density at radius 3 is 1.42 bits per heavy atom. The first-order chi connectivity index (χ1) is 33.1. The van der Waals surface area contributed by atoms with Crippen molar-refractivity contribution in [2.75, 3.05) is 42.5 Å². The van der Waals surface area contributed by atoms with Crippen LogP contribution in [0.25, 0.3) is 0 Å². The molecule has 366 valence electrons. The van der Waals surface area contributed by atoms with E-state index in [0.717, 1.165) is 30.0 Å². The summed E-state index contributed by atoms with van der Waals surface area (Å²) in [6.45, 7) is 5.30. The van der Waals surface area contributed by atoms with Gasteiger partial charge in [0.05, 0.1) is 16.4 Å². The van der Waals surface area contributed by atoms with E-state index in [1.165, 1.54) is 24.3 Å². The summed E-state index contributed by atoms with van der Waals surface area (Å²) in [4.78, 5) is 21.6. The second kappa shape index (κ2) is 26.3. The number of carboxylic acids is 2. The Morgan fingerprint density at radius 2 is 0.957 bits per heavy atom. The second-order valence-corrected chi connectivity index (χ2v) is 18.6. The monoisotopic (exact) mass is 986 g/mol. The number of para-hydroxylation sites is 2. The normalized spacial score (nSPS) is 11.1. The number of aliphatic carboxylic acids is 2. The minimum Gasteiger partial charge on any atom is -0.494 e. The van der Waals surface area contributed by atoms with Crippen LogP contribution in [0.2, 0.25) is 0 Å². The van der Waals surface area contributed by atoms with Gasteiger partial charge in [0.25, 0.3) is 20.0 Å². The Balaban J connectivity index is 0.000000258. The van der Waals surface area contributed by atoms with Crippen LogP contribution >= 0.6 is 0 Å². The molecule has 0 radical (unpaired) electrons. The highest BCUT2D eigenvalue weighted by Crippen LogP contribution is 2.25. The number of sulfonamides is 2. The van der Waals surface area contributed by atoms with Crippen molar-refractivity contribution in [2.24, 2.45) is 0 Å². The quantitative estimate of drug-likeness (QED) is 0.0373. The molecule has 0 aromatic heterocycles. The minimum absolute atomic E-state index is 0.0196. The van der Waals surface area contributed by atoms with Crippen LogP contribution in [0.5, 0.6) is 28.7 Å². The fourth-order valence-corrected chi connectivity index (χ4v) is 8.76. The van der Waals surface area contributed by atoms with Crippen molar-refractivity contribution in [2.45, 2.75) is 62.2 Å². The molecule has 0 amide bonds. The zero-order chi connectivity index (χ0) is 49.7. The van der Waals surface area contributed by atoms with E-state index in [9.17, 15) is 30.8 Å². The lowest BCUT2D eigenvalue weighted by atomic mass is 10.1. The standard InChI is InChI=1S/C27H31NO7S.C24H24FNO6S/c1-2-3-18-33-24-13-15-25(16-14-24)36(31,32)28-22-9-11-23(12-10-22)34-19-20-35-26-7-5-4-6-21(26)8-17-27(29)30;1-17-6-8-19(25)16-23(17)33(29,30)26-20-9-11-21(12-10-20)31-14-15-32-22-5-3-2-4-18(22)7-13-24(27)28/h4-7,9-16,28H,2-3,8,17-20H2,1H3,(H,29,30);2-6,8-12,16,26H,7,13-15H2,1H3,(H,27,28). The van der Waals surface area contributed by atoms with E-state index < -0.39 is 37.8 Å². The number of anilines is 2. The molecule has 0 bridgehead atoms. The van der Waals surface area contributed by atoms with E-state index in [0.29, 0.717) is 65.1 Å². The summed E-state index contributed by atoms with van der Waals surface area (Å²) in [7, 11) is -7.67. The maximum absolute atomic E-state index is 13.5. The highest BCUT2D eigenvalue weighted by Gasteiger charge is 2.18. The van der Waals surface area contributed by atoms with Crippen molar-refractivity contribution in [3.05, 3.63) is 162 Å². The van der Waals surface area contributed by atoms with Gasteiger partial charge < -0.3 is 33.9 Å². The third-order valence-electron chi connectivity index (χ3n) is 9.93. The number of aryl methyl sites for hydroxylation is 3. The summed E-state index contributed by atoms with van der Waals surface area (Å²) >= 11 is 0. The number of rotatable bonds is 26. The summed E-state index contributed by atoms with van der Waals surface area (Å²) in [6, 6.07) is 37.4. The van der Waals surface area contributed by atoms with Crippen molar-refractivity contribution < 1.29 is 64.7 Å². The van der Waals surface area contributed by atoms with Gasteiger partial charge in [-0.05, 0) is 140 Å². The first kappa shape index (κ1) is 52.7. The number of nitrogens with one attached hydrogen (secondary N) is 2. The average Bonchev–Trinajstić information content (AvgIpc) is 3.33. The van der Waals surface area contributed by atoms with E-state index >= 15 is 0 Å². The van der Waals surface area contributed by atoms with E-state index in [4.69, 9.17) is 33.9 Å². The average molecular weight is 987 g/mol. The molecule has 6 aromatic rings. The molecular formula is C51H55FN2O13S2. The van der Waals surface area contributed by atoms with Gasteiger partial charge in [0, 0.05) is 24.2 Å². The number of halogens is 1. The Morgan fingerprint density at radius 1 is 0.536 bits per heavy atom. The third kappa shape index (κ3) is 17.7. The molecule has 15 nitrogen and oxygen atoms in total. The third-order valence-corrected chi connectivity index (χ3v) is 12.9. The maximum atomic E-state index is 13.5. The number of ether oxygens (including phenoxy) is 5. The molecule has 0 spiro atoms. The predicted octanol–water partition coefficient (Wildman–Crippen LogP) is 9.55. The number of hydrogen-bond donors (Lipinski definition) is 4. The minimum atomic E-state index is -3.93. The van der Waals surface area contributed by atoms with E-state index in [1.54, 1.807) is 79.7 Å². The molecule has 0 unspecified atom stereocenters. The van der Waals surface area contributed by atoms with Crippen LogP contribution in [-0.4, -0.2) is 72.0 Å². The number of carboxylic acid groups (broad SMARTS) is 2. The highest BCUT2D eigenvalue weighted by atomic mass is 32.2. The molecule has 0 aliphatic rings. The molecule has 0 aliphatic heterocycles. The summed E-state index contributed by atoms with van der Waals surface area (Å²) in [5, 5.41) is 17.7. The molecule has 0 atom stereocenters. The van der Waals surface area contributed by atoms with Crippen LogP contribution in [0.15, 0.2) is 149 Å². The van der Waals surface area contributed by atoms with Gasteiger partial charge in [0.2, 0.25) is 0 Å². The lowest BCUT2D eigenvalue weighted by molar-refractivity contribution is -0.138. The van der Waals surface area contributed by atoms with Gasteiger partial charge in [-0.15, -0.1) is 0 Å². The van der Waals surface area contributed by atoms with E-state index in [1.807, 2.05) is 36.4 Å². The highest BCUT2D eigenvalue weighted by molar-refractivity contribution is 7.93. The van der Waals surface area contributed by atoms with Crippen molar-refractivity contribution in [1.29, 1.82) is 0 Å². The molecule has 4 N–H and O–H groups in total. The van der Waals surface area contributed by atoms with Gasteiger partial charge in [0.15, 0.2) is 0 Å². The lowest BCUT2D eigenvalue weighted by Crippen LogP contribution is -2.14. The zero-order valence-corrected chi connectivity index (χ0v) is 39.8. The summed E-state index contributed by atoms with van der Waals surface area (Å²) < 4.78 is 97.3. The molecule has 0 saturated carbocycles. The molecule has 69 heavy (non-hydrogen) atoms. The SMILES string of the molecule is CCCCOc1ccc(S(=O)(=O)Nc2ccc(OCCOc3ccccc3CCC(=O)O)cc2)cc1.Cc1ccc(F)cc1S(=O)(=O)Nc1ccc(OCCOc2ccccc2CCC(=O)O)cc1. The summed E-state index contributed by atoms with van der Waals surface area (Å²) in [5.41, 5.74) is 2.80. The lowest BCUT2D eigenvalue weighted by Gasteiger charge is -2.13. The molecule has 6 aromatic carbocycles. The summed E-state index contributed by atoms with van der Waals surface area (Å²) in [5.74, 6) is 0.603. The van der Waals surface area contributed by atoms with E-state index in [2.05, 4.69) is 16.4 Å². The Labute approximate surface area is 401 Å². The second-order valence-electron chi connectivity index (χ2n) is 15.2. The van der Waals surface area contributed by atoms with Crippen LogP contribution in [0.4, 0.5) is 15.8 Å². The van der Waals surface area contributed by atoms with Crippen molar-refractivity contribution in [3.63, 3.8) is 0 Å².